The minimum atomic E-state index is -2.85. The number of alkyl halides is 2. The lowest BCUT2D eigenvalue weighted by molar-refractivity contribution is 0.0524. The van der Waals surface area contributed by atoms with E-state index < -0.39 is 29.9 Å². The number of hydrogen-bond donors (Lipinski definition) is 1. The number of benzene rings is 1. The molecule has 1 N–H and O–H groups in total. The van der Waals surface area contributed by atoms with E-state index in [4.69, 9.17) is 9.15 Å². The second kappa shape index (κ2) is 7.37. The molecule has 1 atom stereocenters. The van der Waals surface area contributed by atoms with Crippen molar-refractivity contribution in [2.75, 3.05) is 6.54 Å². The maximum atomic E-state index is 12.7. The summed E-state index contributed by atoms with van der Waals surface area (Å²) in [5.41, 5.74) is 0.109. The number of halogens is 2. The monoisotopic (exact) mass is 339 g/mol. The molecule has 0 bridgehead atoms. The summed E-state index contributed by atoms with van der Waals surface area (Å²) >= 11 is 0. The van der Waals surface area contributed by atoms with Gasteiger partial charge in [-0.25, -0.2) is 4.79 Å². The van der Waals surface area contributed by atoms with E-state index >= 15 is 0 Å². The summed E-state index contributed by atoms with van der Waals surface area (Å²) in [5, 5.41) is 9.61. The van der Waals surface area contributed by atoms with Crippen molar-refractivity contribution < 1.29 is 22.7 Å². The van der Waals surface area contributed by atoms with Crippen LogP contribution in [-0.2, 0) is 4.74 Å². The molecule has 1 aromatic carbocycles. The van der Waals surface area contributed by atoms with Gasteiger partial charge in [0.05, 0.1) is 5.92 Å². The Kier molecular flexibility index (Phi) is 5.48. The largest absolute Gasteiger partial charge is 0.444 e. The normalized spacial score (nSPS) is 12.9. The first-order valence-corrected chi connectivity index (χ1v) is 7.39. The molecular formula is C16H19F2N3O3. The van der Waals surface area contributed by atoms with Crippen LogP contribution in [0.3, 0.4) is 0 Å². The molecule has 130 valence electrons. The summed E-state index contributed by atoms with van der Waals surface area (Å²) in [7, 11) is 0. The summed E-state index contributed by atoms with van der Waals surface area (Å²) in [5.74, 6) is -1.30. The predicted octanol–water partition coefficient (Wildman–Crippen LogP) is 3.66. The Labute approximate surface area is 138 Å². The van der Waals surface area contributed by atoms with Gasteiger partial charge in [0.1, 0.15) is 5.60 Å². The Hall–Kier alpha value is -2.51. The lowest BCUT2D eigenvalue weighted by Gasteiger charge is -2.21. The second-order valence-electron chi connectivity index (χ2n) is 6.13. The van der Waals surface area contributed by atoms with E-state index in [0.717, 1.165) is 5.56 Å². The van der Waals surface area contributed by atoms with E-state index in [0.29, 0.717) is 0 Å². The highest BCUT2D eigenvalue weighted by atomic mass is 19.3. The van der Waals surface area contributed by atoms with Crippen LogP contribution in [-0.4, -0.2) is 28.4 Å². The zero-order chi connectivity index (χ0) is 17.7. The number of hydrogen-bond acceptors (Lipinski definition) is 5. The maximum Gasteiger partial charge on any atom is 0.407 e. The van der Waals surface area contributed by atoms with Crippen molar-refractivity contribution in [2.24, 2.45) is 0 Å². The van der Waals surface area contributed by atoms with Gasteiger partial charge in [-0.05, 0) is 26.3 Å². The average molecular weight is 339 g/mol. The fourth-order valence-corrected chi connectivity index (χ4v) is 2.01. The number of carbonyl (C=O) groups is 1. The molecule has 1 amide bonds. The molecule has 1 unspecified atom stereocenters. The number of ether oxygens (including phenoxy) is 1. The van der Waals surface area contributed by atoms with Crippen LogP contribution in [0.1, 0.15) is 50.5 Å². The van der Waals surface area contributed by atoms with Gasteiger partial charge >= 0.3 is 12.5 Å². The average Bonchev–Trinajstić information content (AvgIpc) is 2.96. The first-order valence-electron chi connectivity index (χ1n) is 7.39. The lowest BCUT2D eigenvalue weighted by Crippen LogP contribution is -2.35. The topological polar surface area (TPSA) is 77.2 Å². The van der Waals surface area contributed by atoms with E-state index in [2.05, 4.69) is 15.5 Å². The second-order valence-corrected chi connectivity index (χ2v) is 6.13. The minimum Gasteiger partial charge on any atom is -0.444 e. The summed E-state index contributed by atoms with van der Waals surface area (Å²) in [6, 6.07) is 8.97. The van der Waals surface area contributed by atoms with Crippen molar-refractivity contribution in [3.63, 3.8) is 0 Å². The Morgan fingerprint density at radius 3 is 2.38 bits per heavy atom. The zero-order valence-corrected chi connectivity index (χ0v) is 13.6. The summed E-state index contributed by atoms with van der Waals surface area (Å²) in [4.78, 5) is 11.8. The SMILES string of the molecule is CC(C)(C)OC(=O)NCC(c1ccccc1)c1nnc(C(F)F)o1. The summed E-state index contributed by atoms with van der Waals surface area (Å²) in [6.45, 7) is 5.31. The zero-order valence-electron chi connectivity index (χ0n) is 13.6. The molecule has 0 fully saturated rings. The summed E-state index contributed by atoms with van der Waals surface area (Å²) < 4.78 is 35.5. The number of rotatable bonds is 5. The fraction of sp³-hybridized carbons (Fsp3) is 0.438. The van der Waals surface area contributed by atoms with Crippen molar-refractivity contribution in [3.8, 4) is 0 Å². The molecule has 0 aliphatic carbocycles. The number of amides is 1. The van der Waals surface area contributed by atoms with Crippen LogP contribution in [0.4, 0.5) is 13.6 Å². The molecular weight excluding hydrogens is 320 g/mol. The number of carbonyl (C=O) groups excluding carboxylic acids is 1. The van der Waals surface area contributed by atoms with Gasteiger partial charge in [0.2, 0.25) is 5.89 Å². The van der Waals surface area contributed by atoms with Gasteiger partial charge in [0.25, 0.3) is 5.89 Å². The smallest absolute Gasteiger partial charge is 0.407 e. The molecule has 6 nitrogen and oxygen atoms in total. The number of aromatic nitrogens is 2. The van der Waals surface area contributed by atoms with Gasteiger partial charge in [-0.15, -0.1) is 10.2 Å². The minimum absolute atomic E-state index is 0.00700. The van der Waals surface area contributed by atoms with Crippen LogP contribution in [0.15, 0.2) is 34.7 Å². The molecule has 0 aliphatic rings. The lowest BCUT2D eigenvalue weighted by atomic mass is 9.99. The van der Waals surface area contributed by atoms with Crippen molar-refractivity contribution >= 4 is 6.09 Å². The van der Waals surface area contributed by atoms with Gasteiger partial charge in [0, 0.05) is 6.54 Å². The van der Waals surface area contributed by atoms with Crippen LogP contribution in [0.2, 0.25) is 0 Å². The van der Waals surface area contributed by atoms with Crippen LogP contribution in [0, 0.1) is 0 Å². The van der Waals surface area contributed by atoms with Gasteiger partial charge in [0.15, 0.2) is 0 Å². The number of nitrogens with one attached hydrogen (secondary N) is 1. The van der Waals surface area contributed by atoms with Gasteiger partial charge in [-0.1, -0.05) is 30.3 Å². The molecule has 0 spiro atoms. The highest BCUT2D eigenvalue weighted by molar-refractivity contribution is 5.67. The van der Waals surface area contributed by atoms with Crippen LogP contribution in [0.5, 0.6) is 0 Å². The molecule has 2 rings (SSSR count). The van der Waals surface area contributed by atoms with Crippen molar-refractivity contribution in [3.05, 3.63) is 47.7 Å². The quantitative estimate of drug-likeness (QED) is 0.899. The standard InChI is InChI=1S/C16H19F2N3O3/c1-16(2,3)24-15(22)19-9-11(10-7-5-4-6-8-10)13-20-21-14(23-13)12(17)18/h4-8,11-12H,9H2,1-3H3,(H,19,22). The van der Waals surface area contributed by atoms with Crippen LogP contribution >= 0.6 is 0 Å². The molecule has 1 aromatic heterocycles. The van der Waals surface area contributed by atoms with E-state index in [1.165, 1.54) is 0 Å². The third-order valence-electron chi connectivity index (χ3n) is 2.99. The number of nitrogens with zero attached hydrogens (tertiary/aromatic N) is 2. The molecule has 0 aliphatic heterocycles. The maximum absolute atomic E-state index is 12.7. The third-order valence-corrected chi connectivity index (χ3v) is 2.99. The third kappa shape index (κ3) is 5.00. The Morgan fingerprint density at radius 2 is 1.83 bits per heavy atom. The van der Waals surface area contributed by atoms with Gasteiger partial charge in [-0.3, -0.25) is 0 Å². The van der Waals surface area contributed by atoms with E-state index in [1.807, 2.05) is 6.07 Å². The van der Waals surface area contributed by atoms with E-state index in [-0.39, 0.29) is 12.4 Å². The van der Waals surface area contributed by atoms with Crippen LogP contribution in [0.25, 0.3) is 0 Å². The Balaban J connectivity index is 2.16. The first-order chi connectivity index (χ1) is 11.3. The molecule has 24 heavy (non-hydrogen) atoms. The summed E-state index contributed by atoms with van der Waals surface area (Å²) in [6.07, 6.45) is -3.46. The molecule has 0 saturated carbocycles. The van der Waals surface area contributed by atoms with Crippen LogP contribution < -0.4 is 5.32 Å². The van der Waals surface area contributed by atoms with E-state index in [1.54, 1.807) is 45.0 Å². The number of alkyl carbamates (subject to hydrolysis) is 1. The highest BCUT2D eigenvalue weighted by Crippen LogP contribution is 2.26. The Morgan fingerprint density at radius 1 is 1.21 bits per heavy atom. The van der Waals surface area contributed by atoms with Gasteiger partial charge < -0.3 is 14.5 Å². The fourth-order valence-electron chi connectivity index (χ4n) is 2.01. The molecule has 2 aromatic rings. The van der Waals surface area contributed by atoms with Crippen molar-refractivity contribution in [1.82, 2.24) is 15.5 Å². The molecule has 1 heterocycles. The van der Waals surface area contributed by atoms with E-state index in [9.17, 15) is 13.6 Å². The van der Waals surface area contributed by atoms with Gasteiger partial charge in [-0.2, -0.15) is 8.78 Å². The highest BCUT2D eigenvalue weighted by Gasteiger charge is 2.25. The first kappa shape index (κ1) is 17.8. The Bertz CT molecular complexity index is 669. The van der Waals surface area contributed by atoms with Crippen molar-refractivity contribution in [2.45, 2.75) is 38.7 Å². The molecule has 0 radical (unpaired) electrons. The molecule has 0 saturated heterocycles. The van der Waals surface area contributed by atoms with Crippen molar-refractivity contribution in [1.29, 1.82) is 0 Å². The molecule has 8 heteroatoms. The predicted molar refractivity (Wildman–Crippen MR) is 81.8 cm³/mol.